The predicted molar refractivity (Wildman–Crippen MR) is 116 cm³/mol. The van der Waals surface area contributed by atoms with Crippen LogP contribution >= 0.6 is 0 Å². The monoisotopic (exact) mass is 408 g/mol. The molecule has 2 amide bonds. The number of aryl methyl sites for hydroxylation is 2. The molecule has 3 aliphatic rings. The van der Waals surface area contributed by atoms with Gasteiger partial charge >= 0.3 is 0 Å². The maximum Gasteiger partial charge on any atom is 0.227 e. The number of carbonyl (C=O) groups excluding carboxylic acids is 2. The Hall–Kier alpha value is -2.30. The van der Waals surface area contributed by atoms with Crippen molar-refractivity contribution in [2.24, 2.45) is 17.8 Å². The first-order chi connectivity index (χ1) is 14.5. The average Bonchev–Trinajstić information content (AvgIpc) is 3.32. The van der Waals surface area contributed by atoms with E-state index in [1.807, 2.05) is 11.0 Å². The lowest BCUT2D eigenvalue weighted by atomic mass is 9.61. The first-order valence-electron chi connectivity index (χ1n) is 11.5. The van der Waals surface area contributed by atoms with E-state index in [2.05, 4.69) is 25.2 Å². The largest absolute Gasteiger partial charge is 0.464 e. The van der Waals surface area contributed by atoms with Crippen molar-refractivity contribution >= 4 is 22.8 Å². The molecule has 0 spiro atoms. The topological polar surface area (TPSA) is 62.6 Å². The summed E-state index contributed by atoms with van der Waals surface area (Å²) in [6, 6.07) is 4.54. The van der Waals surface area contributed by atoms with Crippen LogP contribution in [-0.2, 0) is 16.0 Å². The summed E-state index contributed by atoms with van der Waals surface area (Å²) < 4.78 is 5.74. The number of benzene rings is 1. The van der Waals surface area contributed by atoms with E-state index >= 15 is 0 Å². The molecule has 5 rings (SSSR count). The number of rotatable bonds is 4. The standard InChI is InChI=1S/C25H32N2O3/c1-15-9-16(2)24-18(14-30-22(24)10-15)12-23(28)27-8-7-17-11-20(21(17)13-27)25(29)26-19-5-3-4-6-19/h9-10,14,17,19-21H,3-8,11-13H2,1-2H3,(H,26,29)/t17-,20-,21-/m1/s1. The summed E-state index contributed by atoms with van der Waals surface area (Å²) in [7, 11) is 0. The minimum atomic E-state index is 0.0891. The molecule has 1 saturated heterocycles. The second-order valence-electron chi connectivity index (χ2n) is 9.78. The highest BCUT2D eigenvalue weighted by atomic mass is 16.3. The molecular formula is C25H32N2O3. The number of amides is 2. The van der Waals surface area contributed by atoms with Crippen LogP contribution in [0.25, 0.3) is 11.0 Å². The van der Waals surface area contributed by atoms with Gasteiger partial charge in [0, 0.05) is 36.0 Å². The minimum absolute atomic E-state index is 0.0891. The van der Waals surface area contributed by atoms with Crippen LogP contribution in [-0.4, -0.2) is 35.8 Å². The zero-order valence-electron chi connectivity index (χ0n) is 18.1. The highest BCUT2D eigenvalue weighted by Gasteiger charge is 2.48. The number of hydrogen-bond donors (Lipinski definition) is 1. The van der Waals surface area contributed by atoms with E-state index < -0.39 is 0 Å². The summed E-state index contributed by atoms with van der Waals surface area (Å²) in [5.74, 6) is 1.40. The van der Waals surface area contributed by atoms with E-state index in [0.29, 0.717) is 24.3 Å². The van der Waals surface area contributed by atoms with Crippen molar-refractivity contribution in [3.8, 4) is 0 Å². The van der Waals surface area contributed by atoms with Crippen molar-refractivity contribution in [3.63, 3.8) is 0 Å². The number of hydrogen-bond acceptors (Lipinski definition) is 3. The fourth-order valence-electron chi connectivity index (χ4n) is 6.02. The molecule has 2 saturated carbocycles. The summed E-state index contributed by atoms with van der Waals surface area (Å²) in [4.78, 5) is 27.8. The third kappa shape index (κ3) is 3.52. The van der Waals surface area contributed by atoms with Gasteiger partial charge in [0.25, 0.3) is 0 Å². The molecule has 1 N–H and O–H groups in total. The summed E-state index contributed by atoms with van der Waals surface area (Å²) in [5, 5.41) is 4.34. The molecule has 5 heteroatoms. The minimum Gasteiger partial charge on any atom is -0.464 e. The molecule has 1 aliphatic heterocycles. The van der Waals surface area contributed by atoms with Gasteiger partial charge in [0.15, 0.2) is 0 Å². The lowest BCUT2D eigenvalue weighted by Gasteiger charge is -2.50. The molecule has 2 heterocycles. The molecular weight excluding hydrogens is 376 g/mol. The number of likely N-dealkylation sites (tertiary alicyclic amines) is 1. The highest BCUT2D eigenvalue weighted by molar-refractivity contribution is 5.90. The molecule has 1 aromatic heterocycles. The van der Waals surface area contributed by atoms with E-state index in [1.54, 1.807) is 6.26 Å². The summed E-state index contributed by atoms with van der Waals surface area (Å²) >= 11 is 0. The van der Waals surface area contributed by atoms with Gasteiger partial charge in [-0.15, -0.1) is 0 Å². The number of carbonyl (C=O) groups is 2. The first-order valence-corrected chi connectivity index (χ1v) is 11.5. The molecule has 0 bridgehead atoms. The van der Waals surface area contributed by atoms with Crippen molar-refractivity contribution in [1.29, 1.82) is 0 Å². The third-order valence-electron chi connectivity index (χ3n) is 7.71. The Balaban J connectivity index is 1.23. The first kappa shape index (κ1) is 19.7. The molecule has 3 fully saturated rings. The van der Waals surface area contributed by atoms with Gasteiger partial charge in [0.2, 0.25) is 11.8 Å². The quantitative estimate of drug-likeness (QED) is 0.827. The van der Waals surface area contributed by atoms with Gasteiger partial charge in [-0.1, -0.05) is 18.9 Å². The van der Waals surface area contributed by atoms with Gasteiger partial charge in [0.05, 0.1) is 12.7 Å². The SMILES string of the molecule is Cc1cc(C)c2c(CC(=O)N3CC[C@@H]4C[C@@H](C(=O)NC5CCCC5)[C@@H]4C3)coc2c1. The fraction of sp³-hybridized carbons (Fsp3) is 0.600. The van der Waals surface area contributed by atoms with Crippen LogP contribution in [0.3, 0.4) is 0 Å². The van der Waals surface area contributed by atoms with Crippen LogP contribution in [0.2, 0.25) is 0 Å². The Morgan fingerprint density at radius 3 is 2.77 bits per heavy atom. The second-order valence-corrected chi connectivity index (χ2v) is 9.78. The van der Waals surface area contributed by atoms with Crippen molar-refractivity contribution in [2.75, 3.05) is 13.1 Å². The lowest BCUT2D eigenvalue weighted by Crippen LogP contribution is -2.57. The van der Waals surface area contributed by atoms with Crippen LogP contribution in [0.1, 0.15) is 55.2 Å². The van der Waals surface area contributed by atoms with E-state index in [4.69, 9.17) is 4.42 Å². The molecule has 0 radical (unpaired) electrons. The smallest absolute Gasteiger partial charge is 0.227 e. The van der Waals surface area contributed by atoms with Crippen molar-refractivity contribution in [2.45, 2.75) is 64.8 Å². The van der Waals surface area contributed by atoms with E-state index in [1.165, 1.54) is 18.4 Å². The van der Waals surface area contributed by atoms with Crippen LogP contribution in [0.4, 0.5) is 0 Å². The number of nitrogens with zero attached hydrogens (tertiary/aromatic N) is 1. The number of nitrogens with one attached hydrogen (secondary N) is 1. The van der Waals surface area contributed by atoms with Gasteiger partial charge in [-0.2, -0.15) is 0 Å². The highest BCUT2D eigenvalue weighted by Crippen LogP contribution is 2.46. The Kier molecular flexibility index (Phi) is 5.08. The third-order valence-corrected chi connectivity index (χ3v) is 7.71. The molecule has 0 unspecified atom stereocenters. The van der Waals surface area contributed by atoms with Crippen molar-refractivity contribution in [1.82, 2.24) is 10.2 Å². The normalized spacial score (nSPS) is 26.5. The average molecular weight is 409 g/mol. The fourth-order valence-corrected chi connectivity index (χ4v) is 6.02. The summed E-state index contributed by atoms with van der Waals surface area (Å²) in [6.45, 7) is 5.67. The van der Waals surface area contributed by atoms with E-state index in [0.717, 1.165) is 60.9 Å². The maximum atomic E-state index is 13.1. The molecule has 2 aromatic rings. The van der Waals surface area contributed by atoms with Gasteiger partial charge < -0.3 is 14.6 Å². The van der Waals surface area contributed by atoms with Gasteiger partial charge in [-0.3, -0.25) is 9.59 Å². The van der Waals surface area contributed by atoms with Gasteiger partial charge in [-0.05, 0) is 68.6 Å². The maximum absolute atomic E-state index is 13.1. The molecule has 5 nitrogen and oxygen atoms in total. The Morgan fingerprint density at radius 2 is 1.97 bits per heavy atom. The molecule has 2 aliphatic carbocycles. The molecule has 160 valence electrons. The van der Waals surface area contributed by atoms with Crippen molar-refractivity contribution in [3.05, 3.63) is 35.1 Å². The zero-order valence-corrected chi connectivity index (χ0v) is 18.1. The molecule has 3 atom stereocenters. The van der Waals surface area contributed by atoms with E-state index in [9.17, 15) is 9.59 Å². The molecule has 1 aromatic carbocycles. The lowest BCUT2D eigenvalue weighted by molar-refractivity contribution is -0.145. The van der Waals surface area contributed by atoms with Crippen LogP contribution < -0.4 is 5.32 Å². The Labute approximate surface area is 178 Å². The summed E-state index contributed by atoms with van der Waals surface area (Å²) in [6.07, 6.45) is 8.82. The van der Waals surface area contributed by atoms with Gasteiger partial charge in [0.1, 0.15) is 5.58 Å². The van der Waals surface area contributed by atoms with Crippen LogP contribution in [0.15, 0.2) is 22.8 Å². The van der Waals surface area contributed by atoms with Crippen LogP contribution in [0.5, 0.6) is 0 Å². The zero-order chi connectivity index (χ0) is 20.8. The van der Waals surface area contributed by atoms with Gasteiger partial charge in [-0.25, -0.2) is 0 Å². The number of fused-ring (bicyclic) bond motifs is 2. The number of furan rings is 1. The molecule has 30 heavy (non-hydrogen) atoms. The predicted octanol–water partition coefficient (Wildman–Crippen LogP) is 4.14. The Bertz CT molecular complexity index is 972. The number of piperidine rings is 1. The van der Waals surface area contributed by atoms with Crippen LogP contribution in [0, 0.1) is 31.6 Å². The second kappa shape index (κ2) is 7.75. The Morgan fingerprint density at radius 1 is 1.17 bits per heavy atom. The van der Waals surface area contributed by atoms with Crippen molar-refractivity contribution < 1.29 is 14.0 Å². The van der Waals surface area contributed by atoms with E-state index in [-0.39, 0.29) is 17.7 Å². The summed E-state index contributed by atoms with van der Waals surface area (Å²) in [5.41, 5.74) is 4.15.